The Morgan fingerprint density at radius 3 is 2.50 bits per heavy atom. The van der Waals surface area contributed by atoms with E-state index in [2.05, 4.69) is 18.8 Å². The summed E-state index contributed by atoms with van der Waals surface area (Å²) in [5, 5.41) is 0. The van der Waals surface area contributed by atoms with E-state index in [1.54, 1.807) is 6.15 Å². The summed E-state index contributed by atoms with van der Waals surface area (Å²) in [6, 6.07) is 0. The van der Waals surface area contributed by atoms with Gasteiger partial charge in [-0.25, -0.2) is 0 Å². The molecule has 0 rings (SSSR count). The summed E-state index contributed by atoms with van der Waals surface area (Å²) in [5.41, 5.74) is 0. The first-order valence-electron chi connectivity index (χ1n) is 2.51. The second kappa shape index (κ2) is 6.30. The van der Waals surface area contributed by atoms with E-state index in [-0.39, 0.29) is 0 Å². The summed E-state index contributed by atoms with van der Waals surface area (Å²) in [6.45, 7) is 3.51. The monoisotopic (exact) mass is 108 g/mol. The van der Waals surface area contributed by atoms with Gasteiger partial charge < -0.3 is 0 Å². The van der Waals surface area contributed by atoms with E-state index in [4.69, 9.17) is 0 Å². The first-order chi connectivity index (χ1) is 3.91. The molecule has 0 spiro atoms. The Morgan fingerprint density at radius 1 is 1.25 bits per heavy atom. The zero-order valence-corrected chi connectivity index (χ0v) is 4.74. The molecule has 0 amide bonds. The topological polar surface area (TPSA) is 19.9 Å². The average molecular weight is 108 g/mol. The van der Waals surface area contributed by atoms with E-state index in [0.717, 1.165) is 0 Å². The Morgan fingerprint density at radius 2 is 2.00 bits per heavy atom. The van der Waals surface area contributed by atoms with Crippen LogP contribution in [0, 0.1) is 24.9 Å². The third kappa shape index (κ3) is 5.30. The van der Waals surface area contributed by atoms with Crippen molar-refractivity contribution >= 4 is 0 Å². The van der Waals surface area contributed by atoms with Gasteiger partial charge >= 0.3 is 48.8 Å². The zero-order chi connectivity index (χ0) is 6.24. The van der Waals surface area contributed by atoms with Crippen molar-refractivity contribution < 1.29 is 4.65 Å². The van der Waals surface area contributed by atoms with E-state index in [1.807, 2.05) is 0 Å². The van der Waals surface area contributed by atoms with E-state index in [0.29, 0.717) is 19.3 Å². The fraction of sp³-hybridized carbons (Fsp3) is 0.429. The molecule has 0 saturated heterocycles. The van der Waals surface area contributed by atoms with Gasteiger partial charge in [-0.15, -0.1) is 0 Å². The van der Waals surface area contributed by atoms with E-state index in [9.17, 15) is 4.65 Å². The summed E-state index contributed by atoms with van der Waals surface area (Å²) < 4.78 is 9.56. The van der Waals surface area contributed by atoms with Crippen molar-refractivity contribution in [2.75, 3.05) is 0 Å². The van der Waals surface area contributed by atoms with Crippen LogP contribution in [-0.2, 0) is 4.65 Å². The van der Waals surface area contributed by atoms with Crippen LogP contribution in [0.1, 0.15) is 19.3 Å². The maximum atomic E-state index is 9.56. The minimum absolute atomic E-state index is 0.424. The van der Waals surface area contributed by atoms with E-state index < -0.39 is 0 Å². The summed E-state index contributed by atoms with van der Waals surface area (Å²) in [7, 11) is 0. The molecule has 0 unspecified atom stereocenters. The summed E-state index contributed by atoms with van der Waals surface area (Å²) in [6.07, 6.45) is 3.43. The van der Waals surface area contributed by atoms with Gasteiger partial charge in [-0.2, -0.15) is 0 Å². The van der Waals surface area contributed by atoms with Crippen molar-refractivity contribution in [2.24, 2.45) is 0 Å². The first-order valence-corrected chi connectivity index (χ1v) is 2.51. The Balaban J connectivity index is 3.06. The molecular weight excluding hydrogens is 100 g/mol. The fourth-order valence-corrected chi connectivity index (χ4v) is 0.290. The van der Waals surface area contributed by atoms with Crippen LogP contribution in [0.15, 0.2) is 0 Å². The molecule has 0 aromatic rings. The third-order valence-electron chi connectivity index (χ3n) is 0.602. The van der Waals surface area contributed by atoms with Gasteiger partial charge in [0.1, 0.15) is 0 Å². The van der Waals surface area contributed by atoms with Crippen molar-refractivity contribution in [1.29, 1.82) is 0 Å². The maximum absolute atomic E-state index is 9.56. The van der Waals surface area contributed by atoms with Gasteiger partial charge in [0.2, 0.25) is 0 Å². The minimum atomic E-state index is 0.424. The van der Waals surface area contributed by atoms with Gasteiger partial charge in [-0.05, 0) is 0 Å². The summed E-state index contributed by atoms with van der Waals surface area (Å²) in [4.78, 5) is 0. The summed E-state index contributed by atoms with van der Waals surface area (Å²) >= 11 is 0. The van der Waals surface area contributed by atoms with Gasteiger partial charge in [-0.1, -0.05) is 0 Å². The van der Waals surface area contributed by atoms with Crippen LogP contribution in [0.3, 0.4) is 0 Å². The van der Waals surface area contributed by atoms with Crippen LogP contribution in [-0.4, -0.2) is 0 Å². The average Bonchev–Trinajstić information content (AvgIpc) is 1.81. The molecule has 0 heterocycles. The predicted octanol–water partition coefficient (Wildman–Crippen LogP) is 1.38. The van der Waals surface area contributed by atoms with Crippen LogP contribution < -0.4 is 0 Å². The molecule has 1 nitrogen and oxygen atoms in total. The molecule has 0 aliphatic rings. The number of hydrogen-bond donors (Lipinski definition) is 0. The Bertz CT molecular complexity index is 131. The molecule has 0 bridgehead atoms. The Hall–Kier alpha value is -0.700. The van der Waals surface area contributed by atoms with Gasteiger partial charge in [0.05, 0.1) is 0 Å². The van der Waals surface area contributed by atoms with Crippen LogP contribution in [0.4, 0.5) is 0 Å². The fourth-order valence-electron chi connectivity index (χ4n) is 0.290. The molecule has 0 saturated carbocycles. The van der Waals surface area contributed by atoms with Crippen LogP contribution >= 0.6 is 0 Å². The first kappa shape index (κ1) is 7.30. The van der Waals surface area contributed by atoms with Gasteiger partial charge in [0.15, 0.2) is 0 Å². The molecule has 1 heteroatoms. The summed E-state index contributed by atoms with van der Waals surface area (Å²) in [5.74, 6) is 5.50. The Labute approximate surface area is 49.8 Å². The number of rotatable bonds is 1. The molecular formula is C7H8O. The van der Waals surface area contributed by atoms with Crippen molar-refractivity contribution in [1.82, 2.24) is 0 Å². The molecule has 42 valence electrons. The molecule has 0 aromatic carbocycles. The standard InChI is InChI=1S/C7H8O/c1-2-3-4-5-6-7-8/h1-2,5-6H2. The van der Waals surface area contributed by atoms with Crippen molar-refractivity contribution in [3.8, 4) is 18.0 Å². The third-order valence-corrected chi connectivity index (χ3v) is 0.602. The molecule has 0 aliphatic carbocycles. The molecule has 0 N–H and O–H groups in total. The normalized spacial score (nSPS) is 6.50. The van der Waals surface area contributed by atoms with Crippen molar-refractivity contribution in [3.05, 3.63) is 6.92 Å². The van der Waals surface area contributed by atoms with Crippen LogP contribution in [0.5, 0.6) is 0 Å². The molecule has 8 heavy (non-hydrogen) atoms. The van der Waals surface area contributed by atoms with Gasteiger partial charge in [0.25, 0.3) is 0 Å². The Kier molecular flexibility index (Phi) is 5.75. The molecule has 0 aliphatic heterocycles. The number of unbranched alkanes of at least 4 members (excludes halogenated alkanes) is 1. The second-order valence-electron chi connectivity index (χ2n) is 1.25. The second-order valence-corrected chi connectivity index (χ2v) is 1.25. The number of hydrogen-bond acceptors (Lipinski definition) is 0. The van der Waals surface area contributed by atoms with Crippen molar-refractivity contribution in [2.45, 2.75) is 19.3 Å². The molecule has 0 atom stereocenters. The molecule has 0 fully saturated rings. The van der Waals surface area contributed by atoms with E-state index >= 15 is 0 Å². The van der Waals surface area contributed by atoms with Crippen LogP contribution in [0.25, 0.3) is 0 Å². The predicted molar refractivity (Wildman–Crippen MR) is 31.6 cm³/mol. The van der Waals surface area contributed by atoms with Crippen LogP contribution in [0.2, 0.25) is 0 Å². The molecule has 0 radical (unpaired) electrons. The zero-order valence-electron chi connectivity index (χ0n) is 4.74. The van der Waals surface area contributed by atoms with Crippen molar-refractivity contribution in [3.63, 3.8) is 0 Å². The van der Waals surface area contributed by atoms with E-state index in [1.165, 1.54) is 0 Å². The van der Waals surface area contributed by atoms with Gasteiger partial charge in [-0.3, -0.25) is 0 Å². The SMILES string of the molecule is [CH2-]CC#CCCC#[O+]. The van der Waals surface area contributed by atoms with Gasteiger partial charge in [0, 0.05) is 0 Å². The quantitative estimate of drug-likeness (QED) is 0.209. The molecule has 0 aromatic heterocycles.